The summed E-state index contributed by atoms with van der Waals surface area (Å²) in [5.41, 5.74) is 0.594. The molecule has 0 spiro atoms. The minimum absolute atomic E-state index is 0.444. The summed E-state index contributed by atoms with van der Waals surface area (Å²) < 4.78 is 0.817. The number of hydrogen-bond donors (Lipinski definition) is 1. The maximum atomic E-state index is 10.2. The summed E-state index contributed by atoms with van der Waals surface area (Å²) >= 11 is 13.6. The molecule has 0 bridgehead atoms. The Kier molecular flexibility index (Phi) is 3.61. The molecule has 0 radical (unpaired) electrons. The number of nitrogens with one attached hydrogen (secondary N) is 1. The van der Waals surface area contributed by atoms with Gasteiger partial charge in [-0.1, -0.05) is 23.2 Å². The van der Waals surface area contributed by atoms with Crippen molar-refractivity contribution >= 4 is 57.9 Å². The van der Waals surface area contributed by atoms with Crippen molar-refractivity contribution in [2.45, 2.75) is 0 Å². The zero-order valence-corrected chi connectivity index (χ0v) is 9.44. The van der Waals surface area contributed by atoms with Crippen LogP contribution in [0.1, 0.15) is 0 Å². The van der Waals surface area contributed by atoms with E-state index in [2.05, 4.69) is 5.32 Å². The van der Waals surface area contributed by atoms with Gasteiger partial charge in [-0.05, 0) is 34.7 Å². The molecule has 1 N–H and O–H groups in total. The van der Waals surface area contributed by atoms with Crippen LogP contribution in [0.25, 0.3) is 0 Å². The molecule has 12 heavy (non-hydrogen) atoms. The van der Waals surface area contributed by atoms with Crippen molar-refractivity contribution in [3.05, 3.63) is 25.7 Å². The standard InChI is InChI=1S/C7H4Cl2INO/c8-4-1-5(9)7(11-3-12)6(10)2-4/h1-3H,(H,11,12). The molecule has 5 heteroatoms. The smallest absolute Gasteiger partial charge is 0.211 e. The molecule has 1 aromatic carbocycles. The first-order valence-electron chi connectivity index (χ1n) is 3.00. The fourth-order valence-electron chi connectivity index (χ4n) is 0.739. The van der Waals surface area contributed by atoms with Crippen molar-refractivity contribution in [1.29, 1.82) is 0 Å². The van der Waals surface area contributed by atoms with Crippen molar-refractivity contribution in [2.75, 3.05) is 5.32 Å². The summed E-state index contributed by atoms with van der Waals surface area (Å²) in [5, 5.41) is 3.49. The molecular formula is C7H4Cl2INO. The molecule has 1 amide bonds. The van der Waals surface area contributed by atoms with E-state index in [-0.39, 0.29) is 0 Å². The van der Waals surface area contributed by atoms with E-state index < -0.39 is 0 Å². The molecule has 0 fully saturated rings. The fraction of sp³-hybridized carbons (Fsp3) is 0. The van der Waals surface area contributed by atoms with E-state index in [9.17, 15) is 4.79 Å². The van der Waals surface area contributed by atoms with Gasteiger partial charge in [-0.3, -0.25) is 4.79 Å². The normalized spacial score (nSPS) is 9.58. The maximum absolute atomic E-state index is 10.2. The molecule has 0 aromatic heterocycles. The number of amides is 1. The van der Waals surface area contributed by atoms with Gasteiger partial charge in [0.2, 0.25) is 6.41 Å². The Hall–Kier alpha value is -0.000000000000000111. The lowest BCUT2D eigenvalue weighted by Crippen LogP contribution is -1.97. The summed E-state index contributed by atoms with van der Waals surface area (Å²) in [5.74, 6) is 0. The van der Waals surface area contributed by atoms with Crippen LogP contribution in [0, 0.1) is 3.57 Å². The largest absolute Gasteiger partial charge is 0.327 e. The molecular weight excluding hydrogens is 312 g/mol. The van der Waals surface area contributed by atoms with Crippen LogP contribution in [-0.4, -0.2) is 6.41 Å². The third-order valence-corrected chi connectivity index (χ3v) is 2.58. The topological polar surface area (TPSA) is 29.1 Å². The quantitative estimate of drug-likeness (QED) is 0.659. The molecule has 0 aliphatic rings. The number of carbonyl (C=O) groups excluding carboxylic acids is 1. The number of carbonyl (C=O) groups is 1. The molecule has 1 rings (SSSR count). The van der Waals surface area contributed by atoms with E-state index in [0.29, 0.717) is 22.1 Å². The van der Waals surface area contributed by atoms with Crippen LogP contribution in [0.5, 0.6) is 0 Å². The van der Waals surface area contributed by atoms with Crippen molar-refractivity contribution in [2.24, 2.45) is 0 Å². The zero-order chi connectivity index (χ0) is 9.14. The maximum Gasteiger partial charge on any atom is 0.211 e. The first-order valence-corrected chi connectivity index (χ1v) is 4.83. The Balaban J connectivity index is 3.18. The van der Waals surface area contributed by atoms with E-state index in [4.69, 9.17) is 23.2 Å². The van der Waals surface area contributed by atoms with Crippen molar-refractivity contribution in [1.82, 2.24) is 0 Å². The molecule has 0 heterocycles. The molecule has 0 saturated heterocycles. The third kappa shape index (κ3) is 2.24. The van der Waals surface area contributed by atoms with Crippen LogP contribution in [0.4, 0.5) is 5.69 Å². The summed E-state index contributed by atoms with van der Waals surface area (Å²) in [6.45, 7) is 0. The van der Waals surface area contributed by atoms with Gasteiger partial charge in [0.1, 0.15) is 0 Å². The number of benzene rings is 1. The second-order valence-electron chi connectivity index (χ2n) is 2.01. The highest BCUT2D eigenvalue weighted by Crippen LogP contribution is 2.30. The van der Waals surface area contributed by atoms with Gasteiger partial charge < -0.3 is 5.32 Å². The van der Waals surface area contributed by atoms with Crippen LogP contribution in [0.2, 0.25) is 10.0 Å². The summed E-state index contributed by atoms with van der Waals surface area (Å²) in [6.07, 6.45) is 0.581. The molecule has 0 unspecified atom stereocenters. The number of rotatable bonds is 2. The number of hydrogen-bond acceptors (Lipinski definition) is 1. The highest BCUT2D eigenvalue weighted by atomic mass is 127. The fourth-order valence-corrected chi connectivity index (χ4v) is 2.41. The van der Waals surface area contributed by atoms with Gasteiger partial charge in [0.05, 0.1) is 10.7 Å². The number of anilines is 1. The summed E-state index contributed by atoms with van der Waals surface area (Å²) in [4.78, 5) is 10.2. The van der Waals surface area contributed by atoms with Gasteiger partial charge in [0, 0.05) is 8.59 Å². The molecule has 1 aromatic rings. The average Bonchev–Trinajstić information content (AvgIpc) is 1.96. The molecule has 0 aliphatic heterocycles. The van der Waals surface area contributed by atoms with E-state index in [1.807, 2.05) is 22.6 Å². The van der Waals surface area contributed by atoms with Crippen LogP contribution >= 0.6 is 45.8 Å². The first kappa shape index (κ1) is 10.1. The Bertz CT molecular complexity index is 293. The van der Waals surface area contributed by atoms with Gasteiger partial charge in [0.15, 0.2) is 0 Å². The van der Waals surface area contributed by atoms with Gasteiger partial charge in [0.25, 0.3) is 0 Å². The minimum Gasteiger partial charge on any atom is -0.327 e. The van der Waals surface area contributed by atoms with E-state index in [0.717, 1.165) is 3.57 Å². The van der Waals surface area contributed by atoms with E-state index >= 15 is 0 Å². The predicted molar refractivity (Wildman–Crippen MR) is 58.9 cm³/mol. The highest BCUT2D eigenvalue weighted by molar-refractivity contribution is 14.1. The number of halogens is 3. The second kappa shape index (κ2) is 4.30. The van der Waals surface area contributed by atoms with Gasteiger partial charge in [-0.2, -0.15) is 0 Å². The SMILES string of the molecule is O=CNc1c(Cl)cc(Cl)cc1I. The lowest BCUT2D eigenvalue weighted by atomic mass is 10.3. The lowest BCUT2D eigenvalue weighted by Gasteiger charge is -2.05. The van der Waals surface area contributed by atoms with Crippen LogP contribution in [0.3, 0.4) is 0 Å². The Morgan fingerprint density at radius 3 is 2.58 bits per heavy atom. The van der Waals surface area contributed by atoms with Crippen molar-refractivity contribution < 1.29 is 4.79 Å². The van der Waals surface area contributed by atoms with E-state index in [1.54, 1.807) is 12.1 Å². The van der Waals surface area contributed by atoms with E-state index in [1.165, 1.54) is 0 Å². The molecule has 0 saturated carbocycles. The second-order valence-corrected chi connectivity index (χ2v) is 4.01. The molecule has 2 nitrogen and oxygen atoms in total. The average molecular weight is 316 g/mol. The molecule has 0 aliphatic carbocycles. The van der Waals surface area contributed by atoms with Crippen molar-refractivity contribution in [3.63, 3.8) is 0 Å². The predicted octanol–water partition coefficient (Wildman–Crippen LogP) is 3.17. The highest BCUT2D eigenvalue weighted by Gasteiger charge is 2.05. The molecule has 64 valence electrons. The van der Waals surface area contributed by atoms with Gasteiger partial charge in [-0.25, -0.2) is 0 Å². The first-order chi connectivity index (χ1) is 5.65. The Morgan fingerprint density at radius 1 is 1.42 bits per heavy atom. The van der Waals surface area contributed by atoms with Crippen LogP contribution in [0.15, 0.2) is 12.1 Å². The van der Waals surface area contributed by atoms with Gasteiger partial charge >= 0.3 is 0 Å². The Labute approximate surface area is 93.4 Å². The summed E-state index contributed by atoms with van der Waals surface area (Å²) in [7, 11) is 0. The van der Waals surface area contributed by atoms with Gasteiger partial charge in [-0.15, -0.1) is 0 Å². The minimum atomic E-state index is 0.444. The summed E-state index contributed by atoms with van der Waals surface area (Å²) in [6, 6.07) is 3.30. The van der Waals surface area contributed by atoms with Crippen LogP contribution < -0.4 is 5.32 Å². The molecule has 0 atom stereocenters. The Morgan fingerprint density at radius 2 is 2.08 bits per heavy atom. The lowest BCUT2D eigenvalue weighted by molar-refractivity contribution is -0.105. The monoisotopic (exact) mass is 315 g/mol. The third-order valence-electron chi connectivity index (χ3n) is 1.21. The zero-order valence-electron chi connectivity index (χ0n) is 5.77. The van der Waals surface area contributed by atoms with Crippen LogP contribution in [-0.2, 0) is 4.79 Å². The van der Waals surface area contributed by atoms with Crippen molar-refractivity contribution in [3.8, 4) is 0 Å².